The van der Waals surface area contributed by atoms with Crippen LogP contribution in [0.2, 0.25) is 0 Å². The normalized spacial score (nSPS) is 11.6. The fourth-order valence-corrected chi connectivity index (χ4v) is 1.18. The summed E-state index contributed by atoms with van der Waals surface area (Å²) in [5.74, 6) is -1.09. The first kappa shape index (κ1) is 14.5. The second kappa shape index (κ2) is 8.78. The Kier molecular flexibility index (Phi) is 7.96. The number of carboxylic acids is 1. The lowest BCUT2D eigenvalue weighted by atomic mass is 10.1. The van der Waals surface area contributed by atoms with Crippen molar-refractivity contribution in [2.45, 2.75) is 46.0 Å². The molecule has 0 saturated heterocycles. The summed E-state index contributed by atoms with van der Waals surface area (Å²) in [6, 6.07) is 1.83. The predicted molar refractivity (Wildman–Crippen MR) is 60.7 cm³/mol. The topological polar surface area (TPSA) is 70.3 Å². The third kappa shape index (κ3) is 5.40. The van der Waals surface area contributed by atoms with Crippen LogP contribution < -0.4 is 0 Å². The predicted octanol–water partition coefficient (Wildman–Crippen LogP) is 2.86. The highest BCUT2D eigenvalue weighted by Gasteiger charge is 2.15. The molecule has 0 heterocycles. The molecule has 16 heavy (non-hydrogen) atoms. The van der Waals surface area contributed by atoms with Crippen molar-refractivity contribution >= 4 is 5.97 Å². The smallest absolute Gasteiger partial charge is 0.336 e. The lowest BCUT2D eigenvalue weighted by molar-refractivity contribution is -0.133. The molecule has 1 N–H and O–H groups in total. The molecule has 0 bridgehead atoms. The van der Waals surface area contributed by atoms with Crippen LogP contribution in [0.25, 0.3) is 0 Å². The average Bonchev–Trinajstić information content (AvgIpc) is 2.26. The maximum absolute atomic E-state index is 10.9. The first-order valence-electron chi connectivity index (χ1n) is 5.66. The molecule has 0 aromatic heterocycles. The molecule has 0 aliphatic carbocycles. The summed E-state index contributed by atoms with van der Waals surface area (Å²) < 4.78 is 5.19. The van der Waals surface area contributed by atoms with Crippen molar-refractivity contribution in [1.29, 1.82) is 5.26 Å². The fourth-order valence-electron chi connectivity index (χ4n) is 1.18. The molecule has 0 rings (SSSR count). The van der Waals surface area contributed by atoms with Gasteiger partial charge >= 0.3 is 5.97 Å². The van der Waals surface area contributed by atoms with Crippen LogP contribution in [0.15, 0.2) is 11.3 Å². The van der Waals surface area contributed by atoms with Crippen molar-refractivity contribution in [3.8, 4) is 6.07 Å². The molecule has 0 spiro atoms. The van der Waals surface area contributed by atoms with Gasteiger partial charge in [-0.3, -0.25) is 0 Å². The Bertz CT molecular complexity index is 289. The minimum absolute atomic E-state index is 0.0330. The summed E-state index contributed by atoms with van der Waals surface area (Å²) >= 11 is 0. The van der Waals surface area contributed by atoms with Crippen LogP contribution in [0.3, 0.4) is 0 Å². The Balaban J connectivity index is 4.60. The molecular weight excluding hydrogens is 206 g/mol. The number of ether oxygens (including phenoxy) is 1. The number of hydrogen-bond donors (Lipinski definition) is 1. The SMILES string of the molecule is CCCCOC(C#N)=C(CCCC)C(=O)O. The summed E-state index contributed by atoms with van der Waals surface area (Å²) in [6.45, 7) is 4.39. The van der Waals surface area contributed by atoms with E-state index in [2.05, 4.69) is 0 Å². The van der Waals surface area contributed by atoms with Crippen LogP contribution in [0, 0.1) is 11.3 Å². The Hall–Kier alpha value is -1.50. The van der Waals surface area contributed by atoms with E-state index in [9.17, 15) is 4.79 Å². The Morgan fingerprint density at radius 2 is 1.94 bits per heavy atom. The van der Waals surface area contributed by atoms with Gasteiger partial charge in [-0.25, -0.2) is 4.79 Å². The van der Waals surface area contributed by atoms with Gasteiger partial charge in [0.05, 0.1) is 12.2 Å². The number of hydrogen-bond acceptors (Lipinski definition) is 3. The van der Waals surface area contributed by atoms with E-state index in [4.69, 9.17) is 15.1 Å². The molecule has 0 aliphatic rings. The zero-order valence-corrected chi connectivity index (χ0v) is 9.95. The summed E-state index contributed by atoms with van der Waals surface area (Å²) in [5.41, 5.74) is 0.0976. The highest BCUT2D eigenvalue weighted by Crippen LogP contribution is 2.14. The molecule has 4 nitrogen and oxygen atoms in total. The number of nitriles is 1. The molecule has 0 saturated carbocycles. The minimum atomic E-state index is -1.05. The molecule has 0 radical (unpaired) electrons. The van der Waals surface area contributed by atoms with Crippen molar-refractivity contribution in [2.75, 3.05) is 6.61 Å². The van der Waals surface area contributed by atoms with Gasteiger partial charge in [0.25, 0.3) is 0 Å². The molecule has 0 fully saturated rings. The Labute approximate surface area is 96.5 Å². The molecule has 0 aliphatic heterocycles. The van der Waals surface area contributed by atoms with Crippen molar-refractivity contribution in [3.63, 3.8) is 0 Å². The summed E-state index contributed by atoms with van der Waals surface area (Å²) in [4.78, 5) is 10.9. The van der Waals surface area contributed by atoms with Crippen molar-refractivity contribution in [1.82, 2.24) is 0 Å². The maximum atomic E-state index is 10.9. The van der Waals surface area contributed by atoms with Crippen LogP contribution in [0.5, 0.6) is 0 Å². The largest absolute Gasteiger partial charge is 0.483 e. The summed E-state index contributed by atoms with van der Waals surface area (Å²) in [6.07, 6.45) is 3.82. The van der Waals surface area contributed by atoms with Crippen molar-refractivity contribution < 1.29 is 14.6 Å². The number of nitrogens with zero attached hydrogens (tertiary/aromatic N) is 1. The summed E-state index contributed by atoms with van der Waals surface area (Å²) in [5, 5.41) is 17.8. The minimum Gasteiger partial charge on any atom is -0.483 e. The molecule has 0 atom stereocenters. The van der Waals surface area contributed by atoms with Crippen LogP contribution in [-0.2, 0) is 9.53 Å². The molecule has 4 heteroatoms. The quantitative estimate of drug-likeness (QED) is 0.298. The average molecular weight is 225 g/mol. The molecule has 90 valence electrons. The monoisotopic (exact) mass is 225 g/mol. The molecule has 0 aromatic rings. The lowest BCUT2D eigenvalue weighted by Crippen LogP contribution is -2.07. The number of allylic oxidation sites excluding steroid dienone is 1. The number of unbranched alkanes of at least 4 members (excludes halogenated alkanes) is 2. The Morgan fingerprint density at radius 3 is 2.38 bits per heavy atom. The van der Waals surface area contributed by atoms with Gasteiger partial charge in [-0.1, -0.05) is 26.7 Å². The number of aliphatic carboxylic acids is 1. The third-order valence-corrected chi connectivity index (χ3v) is 2.16. The van der Waals surface area contributed by atoms with Gasteiger partial charge < -0.3 is 9.84 Å². The van der Waals surface area contributed by atoms with Crippen molar-refractivity contribution in [2.24, 2.45) is 0 Å². The van der Waals surface area contributed by atoms with Gasteiger partial charge in [-0.15, -0.1) is 0 Å². The van der Waals surface area contributed by atoms with E-state index in [1.165, 1.54) is 0 Å². The van der Waals surface area contributed by atoms with Crippen molar-refractivity contribution in [3.05, 3.63) is 11.3 Å². The summed E-state index contributed by atoms with van der Waals surface area (Å²) in [7, 11) is 0. The van der Waals surface area contributed by atoms with E-state index in [-0.39, 0.29) is 11.3 Å². The van der Waals surface area contributed by atoms with Gasteiger partial charge in [0.1, 0.15) is 6.07 Å². The number of carbonyl (C=O) groups is 1. The van der Waals surface area contributed by atoms with E-state index in [1.807, 2.05) is 19.9 Å². The van der Waals surface area contributed by atoms with E-state index in [1.54, 1.807) is 0 Å². The zero-order chi connectivity index (χ0) is 12.4. The van der Waals surface area contributed by atoms with Gasteiger partial charge in [-0.2, -0.15) is 5.26 Å². The molecule has 0 amide bonds. The number of rotatable bonds is 8. The van der Waals surface area contributed by atoms with E-state index < -0.39 is 5.97 Å². The second-order valence-electron chi connectivity index (χ2n) is 3.53. The first-order valence-corrected chi connectivity index (χ1v) is 5.66. The lowest BCUT2D eigenvalue weighted by Gasteiger charge is -2.07. The van der Waals surface area contributed by atoms with Gasteiger partial charge in [0, 0.05) is 0 Å². The highest BCUT2D eigenvalue weighted by molar-refractivity contribution is 5.87. The highest BCUT2D eigenvalue weighted by atomic mass is 16.5. The van der Waals surface area contributed by atoms with Gasteiger partial charge in [0.15, 0.2) is 0 Å². The van der Waals surface area contributed by atoms with Crippen LogP contribution in [0.4, 0.5) is 0 Å². The molecule has 0 unspecified atom stereocenters. The Morgan fingerprint density at radius 1 is 1.31 bits per heavy atom. The van der Waals surface area contributed by atoms with Crippen LogP contribution in [-0.4, -0.2) is 17.7 Å². The maximum Gasteiger partial charge on any atom is 0.336 e. The van der Waals surface area contributed by atoms with E-state index in [0.717, 1.165) is 25.7 Å². The fraction of sp³-hybridized carbons (Fsp3) is 0.667. The van der Waals surface area contributed by atoms with E-state index in [0.29, 0.717) is 13.0 Å². The molecular formula is C12H19NO3. The molecule has 0 aromatic carbocycles. The standard InChI is InChI=1S/C12H19NO3/c1-3-5-7-10(12(14)15)11(9-13)16-8-6-4-2/h3-8H2,1-2H3,(H,14,15). The van der Waals surface area contributed by atoms with Gasteiger partial charge in [0.2, 0.25) is 5.76 Å². The van der Waals surface area contributed by atoms with E-state index >= 15 is 0 Å². The van der Waals surface area contributed by atoms with Crippen LogP contribution >= 0.6 is 0 Å². The second-order valence-corrected chi connectivity index (χ2v) is 3.53. The third-order valence-electron chi connectivity index (χ3n) is 2.16. The zero-order valence-electron chi connectivity index (χ0n) is 9.95. The first-order chi connectivity index (χ1) is 7.67. The van der Waals surface area contributed by atoms with Crippen LogP contribution in [0.1, 0.15) is 46.0 Å². The number of carboxylic acid groups (broad SMARTS) is 1. The van der Waals surface area contributed by atoms with Gasteiger partial charge in [-0.05, 0) is 19.3 Å².